The number of rotatable bonds is 6. The van der Waals surface area contributed by atoms with Crippen molar-refractivity contribution >= 4 is 5.82 Å². The molecule has 1 N–H and O–H groups in total. The minimum atomic E-state index is 0.382. The fraction of sp³-hybridized carbons (Fsp3) is 0.643. The molecule has 1 atom stereocenters. The molecule has 0 amide bonds. The van der Waals surface area contributed by atoms with Gasteiger partial charge in [0.05, 0.1) is 0 Å². The molecule has 0 radical (unpaired) electrons. The zero-order valence-corrected chi connectivity index (χ0v) is 11.7. The van der Waals surface area contributed by atoms with Gasteiger partial charge in [0.25, 0.3) is 0 Å². The second-order valence-corrected chi connectivity index (χ2v) is 4.61. The summed E-state index contributed by atoms with van der Waals surface area (Å²) < 4.78 is 0. The van der Waals surface area contributed by atoms with Gasteiger partial charge in [-0.1, -0.05) is 6.92 Å². The van der Waals surface area contributed by atoms with E-state index in [4.69, 9.17) is 0 Å². The van der Waals surface area contributed by atoms with Crippen LogP contribution in [0.2, 0.25) is 0 Å². The van der Waals surface area contributed by atoms with E-state index < -0.39 is 0 Å². The van der Waals surface area contributed by atoms with E-state index in [0.717, 1.165) is 18.9 Å². The van der Waals surface area contributed by atoms with Crippen molar-refractivity contribution in [3.8, 4) is 0 Å². The van der Waals surface area contributed by atoms with Crippen molar-refractivity contribution in [1.29, 1.82) is 0 Å². The number of aromatic nitrogens is 1. The van der Waals surface area contributed by atoms with Gasteiger partial charge in [-0.2, -0.15) is 0 Å². The minimum absolute atomic E-state index is 0.382. The van der Waals surface area contributed by atoms with Crippen LogP contribution >= 0.6 is 0 Å². The summed E-state index contributed by atoms with van der Waals surface area (Å²) >= 11 is 0. The highest BCUT2D eigenvalue weighted by Gasteiger charge is 2.11. The van der Waals surface area contributed by atoms with Gasteiger partial charge in [-0.05, 0) is 51.9 Å². The summed E-state index contributed by atoms with van der Waals surface area (Å²) in [5, 5.41) is 3.43. The maximum Gasteiger partial charge on any atom is 0.129 e. The lowest BCUT2D eigenvalue weighted by Crippen LogP contribution is -2.31. The van der Waals surface area contributed by atoms with E-state index in [-0.39, 0.29) is 0 Å². The van der Waals surface area contributed by atoms with Crippen LogP contribution in [0.25, 0.3) is 0 Å². The maximum absolute atomic E-state index is 4.47. The minimum Gasteiger partial charge on any atom is -0.354 e. The Morgan fingerprint density at radius 3 is 2.53 bits per heavy atom. The molecule has 0 fully saturated rings. The molecule has 1 rings (SSSR count). The summed E-state index contributed by atoms with van der Waals surface area (Å²) in [5.74, 6) is 1.07. The molecule has 0 bridgehead atoms. The summed E-state index contributed by atoms with van der Waals surface area (Å²) in [7, 11) is 0. The second kappa shape index (κ2) is 6.60. The molecule has 3 heteroatoms. The Balaban J connectivity index is 2.91. The lowest BCUT2D eigenvalue weighted by atomic mass is 10.1. The fourth-order valence-corrected chi connectivity index (χ4v) is 2.08. The lowest BCUT2D eigenvalue weighted by Gasteiger charge is -2.27. The predicted octanol–water partition coefficient (Wildman–Crippen LogP) is 2.99. The first kappa shape index (κ1) is 14.0. The number of hydrogen-bond donors (Lipinski definition) is 1. The first-order valence-corrected chi connectivity index (χ1v) is 6.56. The van der Waals surface area contributed by atoms with Gasteiger partial charge < -0.3 is 10.2 Å². The van der Waals surface area contributed by atoms with Crippen LogP contribution in [-0.4, -0.2) is 24.1 Å². The van der Waals surface area contributed by atoms with Crippen LogP contribution < -0.4 is 10.2 Å². The molecular formula is C14H25N3. The molecule has 1 heterocycles. The molecule has 0 aliphatic heterocycles. The molecular weight excluding hydrogens is 210 g/mol. The predicted molar refractivity (Wildman–Crippen MR) is 74.5 cm³/mol. The van der Waals surface area contributed by atoms with E-state index in [9.17, 15) is 0 Å². The van der Waals surface area contributed by atoms with Gasteiger partial charge in [0.1, 0.15) is 5.82 Å². The topological polar surface area (TPSA) is 28.2 Å². The fourth-order valence-electron chi connectivity index (χ4n) is 2.08. The van der Waals surface area contributed by atoms with Gasteiger partial charge in [-0.25, -0.2) is 4.98 Å². The van der Waals surface area contributed by atoms with E-state index in [1.807, 2.05) is 6.20 Å². The largest absolute Gasteiger partial charge is 0.354 e. The smallest absolute Gasteiger partial charge is 0.129 e. The van der Waals surface area contributed by atoms with Crippen molar-refractivity contribution in [3.63, 3.8) is 0 Å². The number of hydrogen-bond acceptors (Lipinski definition) is 3. The van der Waals surface area contributed by atoms with Gasteiger partial charge in [-0.15, -0.1) is 0 Å². The quantitative estimate of drug-likeness (QED) is 0.821. The van der Waals surface area contributed by atoms with E-state index in [1.54, 1.807) is 0 Å². The third-order valence-corrected chi connectivity index (χ3v) is 3.04. The maximum atomic E-state index is 4.47. The zero-order valence-electron chi connectivity index (χ0n) is 11.7. The molecule has 17 heavy (non-hydrogen) atoms. The lowest BCUT2D eigenvalue weighted by molar-refractivity contribution is 0.596. The van der Waals surface area contributed by atoms with Crippen molar-refractivity contribution in [2.45, 2.75) is 46.7 Å². The molecule has 0 aliphatic rings. The first-order chi connectivity index (χ1) is 8.10. The Morgan fingerprint density at radius 2 is 2.00 bits per heavy atom. The summed E-state index contributed by atoms with van der Waals surface area (Å²) in [6.07, 6.45) is 1.91. The molecule has 0 spiro atoms. The van der Waals surface area contributed by atoms with Crippen LogP contribution in [0.3, 0.4) is 0 Å². The third-order valence-electron chi connectivity index (χ3n) is 3.04. The molecule has 0 aliphatic carbocycles. The van der Waals surface area contributed by atoms with Crippen LogP contribution in [0, 0.1) is 0 Å². The zero-order chi connectivity index (χ0) is 12.8. The normalized spacial score (nSPS) is 12.8. The third kappa shape index (κ3) is 3.70. The summed E-state index contributed by atoms with van der Waals surface area (Å²) in [6.45, 7) is 12.9. The van der Waals surface area contributed by atoms with Crippen LogP contribution in [-0.2, 0) is 0 Å². The first-order valence-electron chi connectivity index (χ1n) is 6.56. The van der Waals surface area contributed by atoms with Crippen molar-refractivity contribution in [2.24, 2.45) is 0 Å². The molecule has 96 valence electrons. The van der Waals surface area contributed by atoms with Crippen LogP contribution in [0.1, 0.15) is 46.2 Å². The SMILES string of the molecule is CCNC(C)c1ccnc(N(CC)C(C)C)c1. The van der Waals surface area contributed by atoms with E-state index in [2.05, 4.69) is 62.0 Å². The number of anilines is 1. The Bertz CT molecular complexity index is 336. The average Bonchev–Trinajstić information content (AvgIpc) is 2.30. The van der Waals surface area contributed by atoms with Crippen LogP contribution in [0.15, 0.2) is 18.3 Å². The Hall–Kier alpha value is -1.09. The highest BCUT2D eigenvalue weighted by Crippen LogP contribution is 2.19. The van der Waals surface area contributed by atoms with Crippen LogP contribution in [0.4, 0.5) is 5.82 Å². The molecule has 0 saturated carbocycles. The standard InChI is InChI=1S/C14H25N3/c1-6-15-12(5)13-8-9-16-14(10-13)17(7-2)11(3)4/h8-12,15H,6-7H2,1-5H3. The number of nitrogens with zero attached hydrogens (tertiary/aromatic N) is 2. The highest BCUT2D eigenvalue weighted by atomic mass is 15.2. The van der Waals surface area contributed by atoms with E-state index >= 15 is 0 Å². The Labute approximate surface area is 105 Å². The van der Waals surface area contributed by atoms with Crippen LogP contribution in [0.5, 0.6) is 0 Å². The van der Waals surface area contributed by atoms with E-state index in [0.29, 0.717) is 12.1 Å². The molecule has 0 saturated heterocycles. The van der Waals surface area contributed by atoms with Gasteiger partial charge >= 0.3 is 0 Å². The van der Waals surface area contributed by atoms with E-state index in [1.165, 1.54) is 5.56 Å². The number of pyridine rings is 1. The van der Waals surface area contributed by atoms with Gasteiger partial charge in [0.2, 0.25) is 0 Å². The monoisotopic (exact) mass is 235 g/mol. The Kier molecular flexibility index (Phi) is 5.42. The molecule has 3 nitrogen and oxygen atoms in total. The molecule has 1 aromatic heterocycles. The van der Waals surface area contributed by atoms with Gasteiger partial charge in [0, 0.05) is 24.8 Å². The highest BCUT2D eigenvalue weighted by molar-refractivity contribution is 5.42. The van der Waals surface area contributed by atoms with Gasteiger partial charge in [0.15, 0.2) is 0 Å². The average molecular weight is 235 g/mol. The molecule has 1 unspecified atom stereocenters. The summed E-state index contributed by atoms with van der Waals surface area (Å²) in [4.78, 5) is 6.78. The summed E-state index contributed by atoms with van der Waals surface area (Å²) in [5.41, 5.74) is 1.30. The van der Waals surface area contributed by atoms with Crippen molar-refractivity contribution < 1.29 is 0 Å². The van der Waals surface area contributed by atoms with Gasteiger partial charge in [-0.3, -0.25) is 0 Å². The molecule has 1 aromatic rings. The number of nitrogens with one attached hydrogen (secondary N) is 1. The molecule has 0 aromatic carbocycles. The van der Waals surface area contributed by atoms with Crippen molar-refractivity contribution in [2.75, 3.05) is 18.0 Å². The van der Waals surface area contributed by atoms with Crippen molar-refractivity contribution in [3.05, 3.63) is 23.9 Å². The second-order valence-electron chi connectivity index (χ2n) is 4.61. The Morgan fingerprint density at radius 1 is 1.29 bits per heavy atom. The van der Waals surface area contributed by atoms with Crippen molar-refractivity contribution in [1.82, 2.24) is 10.3 Å². The summed E-state index contributed by atoms with van der Waals surface area (Å²) in [6, 6.07) is 5.15.